The summed E-state index contributed by atoms with van der Waals surface area (Å²) in [6.45, 7) is 12.1. The zero-order chi connectivity index (χ0) is 18.7. The van der Waals surface area contributed by atoms with Gasteiger partial charge in [0, 0.05) is 28.0 Å². The van der Waals surface area contributed by atoms with Crippen LogP contribution >= 0.6 is 0 Å². The Labute approximate surface area is 146 Å². The first-order valence-electron chi connectivity index (χ1n) is 7.61. The van der Waals surface area contributed by atoms with Crippen LogP contribution < -0.4 is 14.2 Å². The van der Waals surface area contributed by atoms with Gasteiger partial charge in [-0.2, -0.15) is 0 Å². The second kappa shape index (κ2) is 7.21. The summed E-state index contributed by atoms with van der Waals surface area (Å²) < 4.78 is 16.2. The lowest BCUT2D eigenvalue weighted by Crippen LogP contribution is -2.13. The predicted octanol–water partition coefficient (Wildman–Crippen LogP) is 4.12. The van der Waals surface area contributed by atoms with Crippen molar-refractivity contribution in [3.63, 3.8) is 0 Å². The molecule has 0 bridgehead atoms. The Bertz CT molecular complexity index is 893. The average Bonchev–Trinajstić information content (AvgIpc) is 2.55. The third-order valence-electron chi connectivity index (χ3n) is 3.49. The van der Waals surface area contributed by atoms with Gasteiger partial charge in [0.2, 0.25) is 0 Å². The van der Waals surface area contributed by atoms with Crippen LogP contribution in [0.3, 0.4) is 0 Å². The zero-order valence-electron chi connectivity index (χ0n) is 14.8. The van der Waals surface area contributed by atoms with E-state index in [1.807, 2.05) is 19.1 Å². The zero-order valence-corrected chi connectivity index (χ0v) is 14.8. The monoisotopic (exact) mass is 340 g/mol. The molecule has 5 heteroatoms. The first-order valence-corrected chi connectivity index (χ1v) is 7.61. The molecule has 0 spiro atoms. The van der Waals surface area contributed by atoms with Crippen LogP contribution in [0.4, 0.5) is 0 Å². The van der Waals surface area contributed by atoms with Crippen molar-refractivity contribution in [2.24, 2.45) is 0 Å². The minimum absolute atomic E-state index is 0.0794. The maximum atomic E-state index is 12.0. The van der Waals surface area contributed by atoms with Crippen molar-refractivity contribution >= 4 is 22.7 Å². The number of hydrogen-bond donors (Lipinski definition) is 0. The van der Waals surface area contributed by atoms with Gasteiger partial charge in [0.1, 0.15) is 5.75 Å². The van der Waals surface area contributed by atoms with Gasteiger partial charge < -0.3 is 14.2 Å². The molecule has 0 aliphatic carbocycles. The Hall–Kier alpha value is -3.08. The lowest BCUT2D eigenvalue weighted by atomic mass is 10.0. The topological polar surface area (TPSA) is 61.8 Å². The van der Waals surface area contributed by atoms with Crippen molar-refractivity contribution in [2.45, 2.75) is 20.8 Å². The fourth-order valence-electron chi connectivity index (χ4n) is 2.17. The Balaban J connectivity index is 2.72. The molecule has 0 fully saturated rings. The minimum Gasteiger partial charge on any atom is -0.496 e. The maximum absolute atomic E-state index is 12.0. The normalized spacial score (nSPS) is 10.2. The number of fused-ring (bicyclic) bond motifs is 1. The van der Waals surface area contributed by atoms with Gasteiger partial charge in [0.15, 0.2) is 11.5 Å². The summed E-state index contributed by atoms with van der Waals surface area (Å²) in [6.07, 6.45) is 0. The van der Waals surface area contributed by atoms with Crippen LogP contribution in [-0.2, 0) is 9.59 Å². The Morgan fingerprint density at radius 3 is 2.04 bits per heavy atom. The van der Waals surface area contributed by atoms with Crippen LogP contribution in [0, 0.1) is 6.92 Å². The van der Waals surface area contributed by atoms with Gasteiger partial charge in [-0.25, -0.2) is 9.59 Å². The number of ether oxygens (including phenoxy) is 3. The molecule has 2 rings (SSSR count). The largest absolute Gasteiger partial charge is 0.496 e. The van der Waals surface area contributed by atoms with Gasteiger partial charge in [-0.3, -0.25) is 0 Å². The molecule has 0 aliphatic rings. The molecule has 0 amide bonds. The molecular weight excluding hydrogens is 320 g/mol. The smallest absolute Gasteiger partial charge is 0.338 e. The van der Waals surface area contributed by atoms with Crippen molar-refractivity contribution in [1.29, 1.82) is 0 Å². The molecule has 0 saturated heterocycles. The number of esters is 2. The van der Waals surface area contributed by atoms with Crippen LogP contribution in [0.2, 0.25) is 0 Å². The highest BCUT2D eigenvalue weighted by Gasteiger charge is 2.21. The van der Waals surface area contributed by atoms with Crippen LogP contribution in [0.25, 0.3) is 10.8 Å². The SMILES string of the molecule is C=C(C)C(=O)Oc1cc(OC)c2cc(C)ccc2c1OC(=O)C(=C)C. The number of carbonyl (C=O) groups is 2. The van der Waals surface area contributed by atoms with Gasteiger partial charge in [0.25, 0.3) is 0 Å². The number of benzene rings is 2. The summed E-state index contributed by atoms with van der Waals surface area (Å²) in [7, 11) is 1.51. The number of hydrogen-bond acceptors (Lipinski definition) is 5. The Kier molecular flexibility index (Phi) is 5.27. The maximum Gasteiger partial charge on any atom is 0.338 e. The minimum atomic E-state index is -0.624. The van der Waals surface area contributed by atoms with Crippen LogP contribution in [-0.4, -0.2) is 19.0 Å². The summed E-state index contributed by atoms with van der Waals surface area (Å²) in [5.41, 5.74) is 1.46. The van der Waals surface area contributed by atoms with Crippen molar-refractivity contribution < 1.29 is 23.8 Å². The highest BCUT2D eigenvalue weighted by molar-refractivity contribution is 6.00. The van der Waals surface area contributed by atoms with E-state index in [0.717, 1.165) is 10.9 Å². The van der Waals surface area contributed by atoms with Crippen LogP contribution in [0.1, 0.15) is 19.4 Å². The molecule has 2 aromatic rings. The average molecular weight is 340 g/mol. The summed E-state index contributed by atoms with van der Waals surface area (Å²) in [4.78, 5) is 24.0. The number of rotatable bonds is 5. The molecule has 0 unspecified atom stereocenters. The highest BCUT2D eigenvalue weighted by Crippen LogP contribution is 2.42. The van der Waals surface area contributed by atoms with Crippen LogP contribution in [0.15, 0.2) is 48.6 Å². The fraction of sp³-hybridized carbons (Fsp3) is 0.200. The third kappa shape index (κ3) is 3.88. The van der Waals surface area contributed by atoms with E-state index in [9.17, 15) is 9.59 Å². The standard InChI is InChI=1S/C20H20O5/c1-11(2)19(21)24-17-10-16(23-6)15-9-13(5)7-8-14(15)18(17)25-20(22)12(3)4/h7-10H,1,3H2,2,4-6H3. The molecule has 5 nitrogen and oxygen atoms in total. The molecule has 0 heterocycles. The van der Waals surface area contributed by atoms with Crippen molar-refractivity contribution in [1.82, 2.24) is 0 Å². The first kappa shape index (κ1) is 18.3. The van der Waals surface area contributed by atoms with Gasteiger partial charge in [-0.15, -0.1) is 0 Å². The second-order valence-corrected chi connectivity index (χ2v) is 5.79. The molecule has 0 radical (unpaired) electrons. The summed E-state index contributed by atoms with van der Waals surface area (Å²) in [6, 6.07) is 7.07. The predicted molar refractivity (Wildman–Crippen MR) is 96.1 cm³/mol. The quantitative estimate of drug-likeness (QED) is 0.465. The van der Waals surface area contributed by atoms with E-state index in [-0.39, 0.29) is 22.6 Å². The lowest BCUT2D eigenvalue weighted by Gasteiger charge is -2.16. The third-order valence-corrected chi connectivity index (χ3v) is 3.49. The molecule has 2 aromatic carbocycles. The number of aryl methyl sites for hydroxylation is 1. The van der Waals surface area contributed by atoms with E-state index >= 15 is 0 Å². The van der Waals surface area contributed by atoms with Gasteiger partial charge in [0.05, 0.1) is 7.11 Å². The second-order valence-electron chi connectivity index (χ2n) is 5.79. The van der Waals surface area contributed by atoms with Gasteiger partial charge in [-0.1, -0.05) is 30.9 Å². The molecule has 25 heavy (non-hydrogen) atoms. The lowest BCUT2D eigenvalue weighted by molar-refractivity contribution is -0.132. The Morgan fingerprint density at radius 1 is 0.880 bits per heavy atom. The first-order chi connectivity index (χ1) is 11.7. The van der Waals surface area contributed by atoms with Crippen LogP contribution in [0.5, 0.6) is 17.2 Å². The number of methoxy groups -OCH3 is 1. The molecule has 130 valence electrons. The Morgan fingerprint density at radius 2 is 1.48 bits per heavy atom. The molecular formula is C20H20O5. The molecule has 0 atom stereocenters. The molecule has 0 N–H and O–H groups in total. The molecule has 0 aliphatic heterocycles. The van der Waals surface area contributed by atoms with Crippen molar-refractivity contribution in [2.75, 3.05) is 7.11 Å². The van der Waals surface area contributed by atoms with Gasteiger partial charge in [-0.05, 0) is 26.8 Å². The van der Waals surface area contributed by atoms with E-state index in [1.165, 1.54) is 27.0 Å². The van der Waals surface area contributed by atoms with E-state index < -0.39 is 11.9 Å². The van der Waals surface area contributed by atoms with Crippen molar-refractivity contribution in [3.05, 3.63) is 54.1 Å². The highest BCUT2D eigenvalue weighted by atomic mass is 16.6. The van der Waals surface area contributed by atoms with Crippen molar-refractivity contribution in [3.8, 4) is 17.2 Å². The number of carbonyl (C=O) groups excluding carboxylic acids is 2. The summed E-state index contributed by atoms with van der Waals surface area (Å²) in [5.74, 6) is -0.520. The molecule has 0 aromatic heterocycles. The van der Waals surface area contributed by atoms with E-state index in [4.69, 9.17) is 14.2 Å². The summed E-state index contributed by atoms with van der Waals surface area (Å²) >= 11 is 0. The van der Waals surface area contributed by atoms with E-state index in [0.29, 0.717) is 11.1 Å². The van der Waals surface area contributed by atoms with E-state index in [2.05, 4.69) is 13.2 Å². The molecule has 0 saturated carbocycles. The van der Waals surface area contributed by atoms with E-state index in [1.54, 1.807) is 6.07 Å². The van der Waals surface area contributed by atoms with Gasteiger partial charge >= 0.3 is 11.9 Å². The summed E-state index contributed by atoms with van der Waals surface area (Å²) in [5, 5.41) is 1.33. The fourth-order valence-corrected chi connectivity index (χ4v) is 2.17.